The molecular weight excluding hydrogens is 508 g/mol. The molecule has 2 nitrogen and oxygen atoms in total. The van der Waals surface area contributed by atoms with Crippen LogP contribution in [0, 0.1) is 46.3 Å². The average Bonchev–Trinajstić information content (AvgIpc) is 3.07. The Labute approximate surface area is 248 Å². The van der Waals surface area contributed by atoms with E-state index in [4.69, 9.17) is 0 Å². The summed E-state index contributed by atoms with van der Waals surface area (Å²) in [6.45, 7) is 0. The second-order valence-electron chi connectivity index (χ2n) is 12.1. The second-order valence-corrected chi connectivity index (χ2v) is 12.1. The highest BCUT2D eigenvalue weighted by atomic mass is 14.4. The van der Waals surface area contributed by atoms with Crippen molar-refractivity contribution in [3.05, 3.63) is 153 Å². The molecule has 0 amide bonds. The fourth-order valence-electron chi connectivity index (χ4n) is 7.69. The van der Waals surface area contributed by atoms with Crippen molar-refractivity contribution in [2.45, 2.75) is 38.5 Å². The van der Waals surface area contributed by atoms with E-state index in [0.717, 1.165) is 49.7 Å². The summed E-state index contributed by atoms with van der Waals surface area (Å²) in [6.07, 6.45) is 37.1. The fraction of sp³-hybridized carbons (Fsp3) is 0.250. The minimum atomic E-state index is 0.297. The molecule has 1 aromatic rings. The largest absolute Gasteiger partial charge is 0.193 e. The van der Waals surface area contributed by atoms with E-state index >= 15 is 0 Å². The van der Waals surface area contributed by atoms with Gasteiger partial charge in [-0.05, 0) is 106 Å². The van der Waals surface area contributed by atoms with Crippen molar-refractivity contribution in [1.82, 2.24) is 0 Å². The first kappa shape index (κ1) is 26.3. The molecule has 204 valence electrons. The lowest BCUT2D eigenvalue weighted by Gasteiger charge is -2.37. The Morgan fingerprint density at radius 3 is 1.95 bits per heavy atom. The molecule has 7 rings (SSSR count). The van der Waals surface area contributed by atoms with Crippen LogP contribution in [0.1, 0.15) is 38.5 Å². The Balaban J connectivity index is 1.30. The fourth-order valence-corrected chi connectivity index (χ4v) is 7.69. The molecule has 0 bridgehead atoms. The topological polar surface area (TPSA) is 47.6 Å². The first-order valence-corrected chi connectivity index (χ1v) is 15.3. The van der Waals surface area contributed by atoms with Gasteiger partial charge in [0.25, 0.3) is 0 Å². The number of nitriles is 2. The smallest absolute Gasteiger partial charge is 0.0988 e. The quantitative estimate of drug-likeness (QED) is 0.391. The van der Waals surface area contributed by atoms with E-state index in [1.165, 1.54) is 43.9 Å². The lowest BCUT2D eigenvalue weighted by Crippen LogP contribution is -2.41. The van der Waals surface area contributed by atoms with Crippen molar-refractivity contribution in [2.24, 2.45) is 23.7 Å². The number of benzene rings is 1. The highest BCUT2D eigenvalue weighted by Gasteiger charge is 2.35. The Bertz CT molecular complexity index is 1860. The molecule has 0 aromatic heterocycles. The van der Waals surface area contributed by atoms with Crippen LogP contribution in [0.15, 0.2) is 143 Å². The van der Waals surface area contributed by atoms with Gasteiger partial charge in [-0.25, -0.2) is 0 Å². The van der Waals surface area contributed by atoms with Gasteiger partial charge in [0.2, 0.25) is 0 Å². The Morgan fingerprint density at radius 2 is 1.26 bits per heavy atom. The second kappa shape index (κ2) is 11.3. The summed E-state index contributed by atoms with van der Waals surface area (Å²) < 4.78 is 0. The van der Waals surface area contributed by atoms with Crippen molar-refractivity contribution in [2.75, 3.05) is 0 Å². The molecule has 42 heavy (non-hydrogen) atoms. The summed E-state index contributed by atoms with van der Waals surface area (Å²) in [5.74, 6) is 1.35. The summed E-state index contributed by atoms with van der Waals surface area (Å²) in [7, 11) is 0. The van der Waals surface area contributed by atoms with Gasteiger partial charge in [0.1, 0.15) is 0 Å². The van der Waals surface area contributed by atoms with E-state index < -0.39 is 0 Å². The van der Waals surface area contributed by atoms with Gasteiger partial charge in [-0.15, -0.1) is 0 Å². The Hall–Kier alpha value is -4.66. The molecule has 4 atom stereocenters. The summed E-state index contributed by atoms with van der Waals surface area (Å²) in [6, 6.07) is 13.7. The van der Waals surface area contributed by atoms with Gasteiger partial charge in [0.05, 0.1) is 12.1 Å². The molecule has 0 radical (unpaired) electrons. The van der Waals surface area contributed by atoms with Gasteiger partial charge in [0.15, 0.2) is 0 Å². The minimum absolute atomic E-state index is 0.297. The van der Waals surface area contributed by atoms with E-state index in [9.17, 15) is 10.5 Å². The van der Waals surface area contributed by atoms with Crippen LogP contribution in [0.3, 0.4) is 0 Å². The zero-order chi connectivity index (χ0) is 28.5. The summed E-state index contributed by atoms with van der Waals surface area (Å²) in [5.41, 5.74) is 10.2. The monoisotopic (exact) mass is 542 g/mol. The maximum atomic E-state index is 9.51. The van der Waals surface area contributed by atoms with Crippen molar-refractivity contribution < 1.29 is 0 Å². The van der Waals surface area contributed by atoms with Gasteiger partial charge in [-0.1, -0.05) is 97.2 Å². The summed E-state index contributed by atoms with van der Waals surface area (Å²) in [4.78, 5) is 0. The van der Waals surface area contributed by atoms with E-state index in [0.29, 0.717) is 23.7 Å². The van der Waals surface area contributed by atoms with Crippen LogP contribution < -0.4 is 10.4 Å². The molecule has 0 fully saturated rings. The maximum absolute atomic E-state index is 9.51. The van der Waals surface area contributed by atoms with Gasteiger partial charge in [-0.2, -0.15) is 10.5 Å². The number of nitrogens with zero attached hydrogens (tertiary/aromatic N) is 2. The molecular formula is C40H34N2. The highest BCUT2D eigenvalue weighted by molar-refractivity contribution is 5.81. The van der Waals surface area contributed by atoms with Gasteiger partial charge in [-0.3, -0.25) is 0 Å². The Kier molecular flexibility index (Phi) is 7.07. The molecule has 6 aliphatic carbocycles. The van der Waals surface area contributed by atoms with Crippen molar-refractivity contribution >= 4 is 11.1 Å². The zero-order valence-corrected chi connectivity index (χ0v) is 23.8. The molecule has 0 heterocycles. The number of rotatable bonds is 4. The normalized spacial score (nSPS) is 27.8. The molecule has 0 aliphatic heterocycles. The predicted molar refractivity (Wildman–Crippen MR) is 170 cm³/mol. The first-order chi connectivity index (χ1) is 20.7. The summed E-state index contributed by atoms with van der Waals surface area (Å²) in [5, 5.41) is 21.6. The van der Waals surface area contributed by atoms with Crippen molar-refractivity contribution in [1.29, 1.82) is 10.5 Å². The molecule has 0 saturated carbocycles. The van der Waals surface area contributed by atoms with Crippen LogP contribution in [-0.2, 0) is 0 Å². The van der Waals surface area contributed by atoms with E-state index in [-0.39, 0.29) is 0 Å². The predicted octanol–water partition coefficient (Wildman–Crippen LogP) is 7.71. The van der Waals surface area contributed by atoms with Gasteiger partial charge < -0.3 is 0 Å². The first-order valence-electron chi connectivity index (χ1n) is 15.3. The lowest BCUT2D eigenvalue weighted by molar-refractivity contribution is 0.464. The highest BCUT2D eigenvalue weighted by Crippen LogP contribution is 2.45. The molecule has 0 saturated heterocycles. The van der Waals surface area contributed by atoms with Crippen LogP contribution in [0.4, 0.5) is 0 Å². The zero-order valence-electron chi connectivity index (χ0n) is 23.8. The number of allylic oxidation sites excluding steroid dienone is 20. The standard InChI is InChI=1S/C40H34N2/c41-25-27-8-5-10-31(22-27)29-18-20-30(21-19-29)39-35-14-1-3-16-37(35)40(38-17-4-2-15-36(38)39)34-13-7-12-33(24-34)32-11-6-9-28(23-32)26-42/h1-4,6-9,11-18,20,22,32-33,35,37H,5,10,19,21,23-24H2. The molecule has 0 spiro atoms. The van der Waals surface area contributed by atoms with Gasteiger partial charge >= 0.3 is 0 Å². The van der Waals surface area contributed by atoms with E-state index in [2.05, 4.69) is 109 Å². The minimum Gasteiger partial charge on any atom is -0.193 e. The molecule has 4 unspecified atom stereocenters. The molecule has 6 aliphatic rings. The third-order valence-electron chi connectivity index (χ3n) is 9.72. The SMILES string of the molecule is N#CC1=CCCC(C2=CC=C(C3=c4ccccc4=C(C4=CC=CC(C5C=CC=C(C#N)C5)C4)C4C=CC=CC34)CC2)=C1. The van der Waals surface area contributed by atoms with Gasteiger partial charge in [0, 0.05) is 23.0 Å². The van der Waals surface area contributed by atoms with Crippen molar-refractivity contribution in [3.63, 3.8) is 0 Å². The average molecular weight is 543 g/mol. The van der Waals surface area contributed by atoms with Crippen LogP contribution >= 0.6 is 0 Å². The number of hydrogen-bond donors (Lipinski definition) is 0. The summed E-state index contributed by atoms with van der Waals surface area (Å²) >= 11 is 0. The molecule has 0 N–H and O–H groups in total. The number of fused-ring (bicyclic) bond motifs is 2. The molecule has 2 heteroatoms. The van der Waals surface area contributed by atoms with Crippen LogP contribution in [0.5, 0.6) is 0 Å². The van der Waals surface area contributed by atoms with Crippen LogP contribution in [0.25, 0.3) is 11.1 Å². The van der Waals surface area contributed by atoms with Crippen LogP contribution in [0.2, 0.25) is 0 Å². The van der Waals surface area contributed by atoms with E-state index in [1.807, 2.05) is 12.2 Å². The van der Waals surface area contributed by atoms with Crippen molar-refractivity contribution in [3.8, 4) is 12.1 Å². The third kappa shape index (κ3) is 4.78. The van der Waals surface area contributed by atoms with Crippen LogP contribution in [-0.4, -0.2) is 0 Å². The Morgan fingerprint density at radius 1 is 0.595 bits per heavy atom. The lowest BCUT2D eigenvalue weighted by atomic mass is 9.67. The number of hydrogen-bond acceptors (Lipinski definition) is 2. The third-order valence-corrected chi connectivity index (χ3v) is 9.72. The van der Waals surface area contributed by atoms with E-state index in [1.54, 1.807) is 0 Å². The maximum Gasteiger partial charge on any atom is 0.0988 e. The molecule has 1 aromatic carbocycles.